The van der Waals surface area contributed by atoms with Gasteiger partial charge < -0.3 is 0 Å². The molecule has 0 aliphatic carbocycles. The number of hydrogen-bond donors (Lipinski definition) is 0. The van der Waals surface area contributed by atoms with E-state index in [1.165, 1.54) is 0 Å². The average molecular weight is 146 g/mol. The van der Waals surface area contributed by atoms with Gasteiger partial charge in [-0.1, -0.05) is 0 Å². The van der Waals surface area contributed by atoms with Crippen LogP contribution in [0.1, 0.15) is 0 Å². The normalized spacial score (nSPS) is 10.3. The van der Waals surface area contributed by atoms with Crippen molar-refractivity contribution in [1.82, 2.24) is 9.97 Å². The van der Waals surface area contributed by atoms with Crippen molar-refractivity contribution in [3.63, 3.8) is 0 Å². The van der Waals surface area contributed by atoms with Crippen molar-refractivity contribution in [1.29, 1.82) is 0 Å². The highest BCUT2D eigenvalue weighted by atomic mass is 15.0. The van der Waals surface area contributed by atoms with Crippen molar-refractivity contribution in [3.05, 3.63) is 30.7 Å². The third-order valence-corrected chi connectivity index (χ3v) is 1.63. The fraction of sp³-hybridized carbons (Fsp3) is 0.125. The Bertz CT molecular complexity index is 378. The average Bonchev–Trinajstić information content (AvgIpc) is 2.06. The molecular formula is C8H8N3+. The summed E-state index contributed by atoms with van der Waals surface area (Å²) in [5, 5.41) is 0. The van der Waals surface area contributed by atoms with Crippen LogP contribution in [0.3, 0.4) is 0 Å². The van der Waals surface area contributed by atoms with E-state index in [0.717, 1.165) is 11.2 Å². The van der Waals surface area contributed by atoms with Crippen molar-refractivity contribution >= 4 is 11.2 Å². The zero-order chi connectivity index (χ0) is 7.68. The molecule has 0 fully saturated rings. The Hall–Kier alpha value is -1.51. The van der Waals surface area contributed by atoms with Crippen molar-refractivity contribution < 1.29 is 4.57 Å². The molecule has 0 saturated carbocycles. The maximum Gasteiger partial charge on any atom is 0.250 e. The molecule has 2 rings (SSSR count). The molecule has 0 bridgehead atoms. The highest BCUT2D eigenvalue weighted by Gasteiger charge is 2.02. The second kappa shape index (κ2) is 2.27. The Labute approximate surface area is 64.3 Å². The van der Waals surface area contributed by atoms with Crippen LogP contribution in [0.2, 0.25) is 0 Å². The monoisotopic (exact) mass is 146 g/mol. The Balaban J connectivity index is 2.91. The molecule has 0 aliphatic rings. The van der Waals surface area contributed by atoms with Gasteiger partial charge in [-0.25, -0.2) is 9.97 Å². The summed E-state index contributed by atoms with van der Waals surface area (Å²) in [6.45, 7) is 0. The molecule has 3 heteroatoms. The largest absolute Gasteiger partial charge is 0.250 e. The van der Waals surface area contributed by atoms with Gasteiger partial charge in [0.05, 0.1) is 6.20 Å². The third kappa shape index (κ3) is 0.941. The predicted molar refractivity (Wildman–Crippen MR) is 40.7 cm³/mol. The van der Waals surface area contributed by atoms with Crippen LogP contribution in [0.25, 0.3) is 11.2 Å². The van der Waals surface area contributed by atoms with Crippen molar-refractivity contribution in [2.24, 2.45) is 7.05 Å². The maximum absolute atomic E-state index is 4.11. The predicted octanol–water partition coefficient (Wildman–Crippen LogP) is 0.454. The lowest BCUT2D eigenvalue weighted by Gasteiger charge is -1.91. The van der Waals surface area contributed by atoms with Gasteiger partial charge in [0.1, 0.15) is 7.05 Å². The highest BCUT2D eigenvalue weighted by Crippen LogP contribution is 1.98. The highest BCUT2D eigenvalue weighted by molar-refractivity contribution is 5.64. The minimum absolute atomic E-state index is 0.789. The quantitative estimate of drug-likeness (QED) is 0.505. The summed E-state index contributed by atoms with van der Waals surface area (Å²) < 4.78 is 2.00. The number of pyridine rings is 1. The second-order valence-electron chi connectivity index (χ2n) is 2.38. The van der Waals surface area contributed by atoms with E-state index in [-0.39, 0.29) is 0 Å². The van der Waals surface area contributed by atoms with Gasteiger partial charge in [0.25, 0.3) is 0 Å². The minimum atomic E-state index is 0.789. The fourth-order valence-electron chi connectivity index (χ4n) is 1.05. The fourth-order valence-corrected chi connectivity index (χ4v) is 1.05. The van der Waals surface area contributed by atoms with Crippen LogP contribution in [-0.2, 0) is 7.05 Å². The third-order valence-electron chi connectivity index (χ3n) is 1.63. The van der Waals surface area contributed by atoms with E-state index in [9.17, 15) is 0 Å². The number of aromatic nitrogens is 3. The van der Waals surface area contributed by atoms with Gasteiger partial charge >= 0.3 is 0 Å². The van der Waals surface area contributed by atoms with Crippen LogP contribution < -0.4 is 4.57 Å². The van der Waals surface area contributed by atoms with Gasteiger partial charge in [-0.3, -0.25) is 0 Å². The zero-order valence-corrected chi connectivity index (χ0v) is 6.23. The van der Waals surface area contributed by atoms with Crippen molar-refractivity contribution in [3.8, 4) is 0 Å². The molecule has 0 aliphatic heterocycles. The van der Waals surface area contributed by atoms with E-state index in [2.05, 4.69) is 9.97 Å². The van der Waals surface area contributed by atoms with Crippen LogP contribution in [-0.4, -0.2) is 9.97 Å². The smallest absolute Gasteiger partial charge is 0.231 e. The molecule has 0 unspecified atom stereocenters. The Morgan fingerprint density at radius 3 is 2.91 bits per heavy atom. The van der Waals surface area contributed by atoms with Crippen LogP contribution in [0.15, 0.2) is 30.7 Å². The summed E-state index contributed by atoms with van der Waals surface area (Å²) in [6.07, 6.45) is 5.40. The topological polar surface area (TPSA) is 29.7 Å². The van der Waals surface area contributed by atoms with Crippen molar-refractivity contribution in [2.45, 2.75) is 0 Å². The van der Waals surface area contributed by atoms with Crippen LogP contribution in [0.5, 0.6) is 0 Å². The van der Waals surface area contributed by atoms with Gasteiger partial charge in [-0.2, -0.15) is 4.57 Å². The van der Waals surface area contributed by atoms with Gasteiger partial charge in [-0.05, 0) is 6.07 Å². The summed E-state index contributed by atoms with van der Waals surface area (Å²) in [7, 11) is 1.98. The van der Waals surface area contributed by atoms with E-state index in [0.29, 0.717) is 0 Å². The van der Waals surface area contributed by atoms with Gasteiger partial charge in [0.2, 0.25) is 11.2 Å². The molecule has 0 aromatic carbocycles. The Morgan fingerprint density at radius 2 is 2.09 bits per heavy atom. The van der Waals surface area contributed by atoms with Gasteiger partial charge in [-0.15, -0.1) is 0 Å². The first-order chi connectivity index (χ1) is 5.38. The van der Waals surface area contributed by atoms with E-state index >= 15 is 0 Å². The lowest BCUT2D eigenvalue weighted by molar-refractivity contribution is -0.645. The first-order valence-corrected chi connectivity index (χ1v) is 3.43. The lowest BCUT2D eigenvalue weighted by atomic mass is 10.4. The summed E-state index contributed by atoms with van der Waals surface area (Å²) in [5.74, 6) is 0. The Morgan fingerprint density at radius 1 is 1.27 bits per heavy atom. The molecule has 2 heterocycles. The van der Waals surface area contributed by atoms with Crippen LogP contribution in [0.4, 0.5) is 0 Å². The summed E-state index contributed by atoms with van der Waals surface area (Å²) in [6, 6.07) is 3.90. The van der Waals surface area contributed by atoms with E-state index in [4.69, 9.17) is 0 Å². The molecule has 0 saturated heterocycles. The number of nitrogens with zero attached hydrogens (tertiary/aromatic N) is 3. The van der Waals surface area contributed by atoms with Crippen molar-refractivity contribution in [2.75, 3.05) is 0 Å². The van der Waals surface area contributed by atoms with Crippen LogP contribution >= 0.6 is 0 Å². The van der Waals surface area contributed by atoms with E-state index in [1.54, 1.807) is 12.4 Å². The molecule has 2 aromatic rings. The molecule has 54 valence electrons. The molecule has 0 N–H and O–H groups in total. The Kier molecular flexibility index (Phi) is 1.28. The summed E-state index contributed by atoms with van der Waals surface area (Å²) in [4.78, 5) is 8.22. The van der Waals surface area contributed by atoms with E-state index in [1.807, 2.05) is 29.9 Å². The number of rotatable bonds is 0. The molecular weight excluding hydrogens is 138 g/mol. The summed E-state index contributed by atoms with van der Waals surface area (Å²) in [5.41, 5.74) is 1.84. The standard InChI is InChI=1S/C8H8N3/c1-11-6-5-10-8-7(11)3-2-4-9-8/h2-6H,1H3/q+1. The first-order valence-electron chi connectivity index (χ1n) is 3.43. The summed E-state index contributed by atoms with van der Waals surface area (Å²) >= 11 is 0. The van der Waals surface area contributed by atoms with Gasteiger partial charge in [0.15, 0.2) is 6.20 Å². The van der Waals surface area contributed by atoms with E-state index < -0.39 is 0 Å². The molecule has 3 nitrogen and oxygen atoms in total. The molecule has 0 atom stereocenters. The number of hydrogen-bond acceptors (Lipinski definition) is 2. The SMILES string of the molecule is C[n+]1ccnc2ncccc21. The molecule has 0 radical (unpaired) electrons. The van der Waals surface area contributed by atoms with Crippen LogP contribution in [0, 0.1) is 0 Å². The second-order valence-corrected chi connectivity index (χ2v) is 2.38. The number of fused-ring (bicyclic) bond motifs is 1. The first kappa shape index (κ1) is 6.22. The molecule has 11 heavy (non-hydrogen) atoms. The van der Waals surface area contributed by atoms with Gasteiger partial charge in [0, 0.05) is 12.3 Å². The molecule has 0 amide bonds. The maximum atomic E-state index is 4.11. The molecule has 2 aromatic heterocycles. The zero-order valence-electron chi connectivity index (χ0n) is 6.23. The minimum Gasteiger partial charge on any atom is -0.231 e. The lowest BCUT2D eigenvalue weighted by Crippen LogP contribution is -2.28. The molecule has 0 spiro atoms. The number of aryl methyl sites for hydroxylation is 1.